The lowest BCUT2D eigenvalue weighted by molar-refractivity contribution is -0.189. The van der Waals surface area contributed by atoms with Crippen LogP contribution in [0, 0.1) is 46.6 Å². The van der Waals surface area contributed by atoms with Gasteiger partial charge >= 0.3 is 6.11 Å². The highest BCUT2D eigenvalue weighted by atomic mass is 19.3. The highest BCUT2D eigenvalue weighted by Gasteiger charge is 2.41. The first-order chi connectivity index (χ1) is 22.9. The topological polar surface area (TPSA) is 9.23 Å². The number of hydrogen-bond acceptors (Lipinski definition) is 1. The molecule has 5 aromatic carbocycles. The molecule has 6 rings (SSSR count). The molecule has 0 saturated heterocycles. The molecule has 1 nitrogen and oxygen atoms in total. The predicted octanol–water partition coefficient (Wildman–Crippen LogP) is 12.3. The second-order valence-electron chi connectivity index (χ2n) is 12.2. The maximum absolute atomic E-state index is 15.2. The molecule has 5 aromatic rings. The molecular formula is C38H29F9O. The quantitative estimate of drug-likeness (QED) is 0.118. The lowest BCUT2D eigenvalue weighted by Crippen LogP contribution is -2.25. The summed E-state index contributed by atoms with van der Waals surface area (Å²) in [7, 11) is 0. The van der Waals surface area contributed by atoms with Crippen LogP contribution < -0.4 is 4.74 Å². The van der Waals surface area contributed by atoms with E-state index in [-0.39, 0.29) is 38.9 Å². The molecule has 10 heteroatoms. The van der Waals surface area contributed by atoms with Crippen LogP contribution in [0.5, 0.6) is 5.75 Å². The third-order valence-electron chi connectivity index (χ3n) is 9.12. The largest absolute Gasteiger partial charge is 0.432 e. The molecule has 0 N–H and O–H groups in total. The molecule has 0 aromatic heterocycles. The minimum Gasteiger partial charge on any atom is -0.429 e. The fraction of sp³-hybridized carbons (Fsp3) is 0.263. The summed E-state index contributed by atoms with van der Waals surface area (Å²) in [5.74, 6) is -9.73. The van der Waals surface area contributed by atoms with Crippen LogP contribution in [-0.4, -0.2) is 0 Å². The Balaban J connectivity index is 1.21. The smallest absolute Gasteiger partial charge is 0.429 e. The van der Waals surface area contributed by atoms with Gasteiger partial charge in [-0.25, -0.2) is 30.7 Å². The molecule has 0 amide bonds. The van der Waals surface area contributed by atoms with Crippen molar-refractivity contribution in [2.45, 2.75) is 57.5 Å². The number of alkyl halides is 2. The Kier molecular flexibility index (Phi) is 9.20. The Morgan fingerprint density at radius 2 is 1.27 bits per heavy atom. The van der Waals surface area contributed by atoms with Crippen molar-refractivity contribution in [1.29, 1.82) is 0 Å². The van der Waals surface area contributed by atoms with E-state index in [0.717, 1.165) is 68.4 Å². The van der Waals surface area contributed by atoms with Gasteiger partial charge in [-0.2, -0.15) is 8.78 Å². The van der Waals surface area contributed by atoms with Crippen molar-refractivity contribution in [3.63, 3.8) is 0 Å². The van der Waals surface area contributed by atoms with Gasteiger partial charge in [0.05, 0.1) is 0 Å². The van der Waals surface area contributed by atoms with E-state index in [0.29, 0.717) is 24.1 Å². The van der Waals surface area contributed by atoms with E-state index >= 15 is 26.3 Å². The van der Waals surface area contributed by atoms with Gasteiger partial charge in [0.25, 0.3) is 0 Å². The third kappa shape index (κ3) is 6.49. The monoisotopic (exact) mass is 672 g/mol. The molecular weight excluding hydrogens is 643 g/mol. The minimum absolute atomic E-state index is 0.0786. The molecule has 250 valence electrons. The molecule has 0 spiro atoms. The van der Waals surface area contributed by atoms with Gasteiger partial charge in [0.15, 0.2) is 17.5 Å². The Labute approximate surface area is 271 Å². The van der Waals surface area contributed by atoms with Crippen LogP contribution in [0.2, 0.25) is 0 Å². The van der Waals surface area contributed by atoms with Gasteiger partial charge in [-0.05, 0) is 102 Å². The fourth-order valence-corrected chi connectivity index (χ4v) is 6.68. The summed E-state index contributed by atoms with van der Waals surface area (Å²) in [6, 6.07) is 12.3. The second kappa shape index (κ2) is 13.2. The Hall–Kier alpha value is -4.47. The predicted molar refractivity (Wildman–Crippen MR) is 165 cm³/mol. The molecule has 0 unspecified atom stereocenters. The standard InChI is InChI=1S/C38H29F9O/c1-2-3-20-4-6-21(7-5-20)22-8-11-28(30(39)15-22)25-16-32(41)35(33(42)17-25)38(46,47)48-26-10-13-27(31(40)19-26)23-9-12-29-24(14-23)18-34(43)37(45)36(29)44/h8-21H,2-7H2,1H3. The summed E-state index contributed by atoms with van der Waals surface area (Å²) in [5, 5.41) is -0.336. The number of halogens is 9. The van der Waals surface area contributed by atoms with Crippen LogP contribution in [0.15, 0.2) is 72.8 Å². The molecule has 0 bridgehead atoms. The summed E-state index contributed by atoms with van der Waals surface area (Å²) in [5.41, 5.74) is -1.52. The van der Waals surface area contributed by atoms with Gasteiger partial charge in [0.2, 0.25) is 0 Å². The van der Waals surface area contributed by atoms with E-state index in [1.165, 1.54) is 24.3 Å². The van der Waals surface area contributed by atoms with Crippen molar-refractivity contribution in [1.82, 2.24) is 0 Å². The lowest BCUT2D eigenvalue weighted by atomic mass is 9.77. The SMILES string of the molecule is CCCC1CCC(c2ccc(-c3cc(F)c(C(F)(F)Oc4ccc(-c5ccc6c(F)c(F)c(F)cc6c5)c(F)c4)c(F)c3)c(F)c2)CC1. The van der Waals surface area contributed by atoms with Gasteiger partial charge in [-0.1, -0.05) is 44.0 Å². The van der Waals surface area contributed by atoms with Crippen molar-refractivity contribution in [3.05, 3.63) is 125 Å². The fourth-order valence-electron chi connectivity index (χ4n) is 6.68. The first kappa shape index (κ1) is 33.4. The third-order valence-corrected chi connectivity index (χ3v) is 9.12. The summed E-state index contributed by atoms with van der Waals surface area (Å²) in [4.78, 5) is 0. The zero-order valence-electron chi connectivity index (χ0n) is 25.6. The second-order valence-corrected chi connectivity index (χ2v) is 12.2. The van der Waals surface area contributed by atoms with E-state index < -0.39 is 58.1 Å². The van der Waals surface area contributed by atoms with Crippen LogP contribution in [0.25, 0.3) is 33.0 Å². The number of ether oxygens (including phenoxy) is 1. The first-order valence-corrected chi connectivity index (χ1v) is 15.6. The van der Waals surface area contributed by atoms with Gasteiger partial charge in [-0.3, -0.25) is 0 Å². The summed E-state index contributed by atoms with van der Waals surface area (Å²) >= 11 is 0. The number of rotatable bonds is 8. The van der Waals surface area contributed by atoms with E-state index in [2.05, 4.69) is 11.7 Å². The summed E-state index contributed by atoms with van der Waals surface area (Å²) in [6.45, 7) is 2.14. The molecule has 48 heavy (non-hydrogen) atoms. The summed E-state index contributed by atoms with van der Waals surface area (Å²) < 4.78 is 137. The number of fused-ring (bicyclic) bond motifs is 1. The molecule has 1 saturated carbocycles. The highest BCUT2D eigenvalue weighted by Crippen LogP contribution is 2.41. The lowest BCUT2D eigenvalue weighted by Gasteiger charge is -2.28. The Morgan fingerprint density at radius 3 is 1.92 bits per heavy atom. The van der Waals surface area contributed by atoms with Gasteiger partial charge in [0.1, 0.15) is 34.6 Å². The van der Waals surface area contributed by atoms with E-state index in [9.17, 15) is 13.2 Å². The van der Waals surface area contributed by atoms with E-state index in [4.69, 9.17) is 0 Å². The van der Waals surface area contributed by atoms with E-state index in [1.54, 1.807) is 6.07 Å². The van der Waals surface area contributed by atoms with Gasteiger partial charge in [0, 0.05) is 22.6 Å². The highest BCUT2D eigenvalue weighted by molar-refractivity contribution is 5.88. The van der Waals surface area contributed by atoms with Crippen LogP contribution in [0.3, 0.4) is 0 Å². The molecule has 0 atom stereocenters. The molecule has 0 aliphatic heterocycles. The van der Waals surface area contributed by atoms with Crippen LogP contribution in [-0.2, 0) is 6.11 Å². The van der Waals surface area contributed by atoms with Crippen molar-refractivity contribution < 1.29 is 44.3 Å². The normalized spacial score (nSPS) is 16.8. The zero-order chi connectivity index (χ0) is 34.3. The average Bonchev–Trinajstić information content (AvgIpc) is 3.03. The molecule has 1 fully saturated rings. The molecule has 1 aliphatic carbocycles. The maximum Gasteiger partial charge on any atom is 0.432 e. The van der Waals surface area contributed by atoms with Crippen molar-refractivity contribution in [2.75, 3.05) is 0 Å². The van der Waals surface area contributed by atoms with Gasteiger partial charge < -0.3 is 4.74 Å². The van der Waals surface area contributed by atoms with Gasteiger partial charge in [-0.15, -0.1) is 0 Å². The van der Waals surface area contributed by atoms with Crippen LogP contribution in [0.4, 0.5) is 39.5 Å². The van der Waals surface area contributed by atoms with Crippen molar-refractivity contribution in [3.8, 4) is 28.0 Å². The molecule has 0 radical (unpaired) electrons. The number of benzene rings is 5. The maximum atomic E-state index is 15.2. The molecule has 1 aliphatic rings. The average molecular weight is 673 g/mol. The van der Waals surface area contributed by atoms with Crippen LogP contribution >= 0.6 is 0 Å². The first-order valence-electron chi connectivity index (χ1n) is 15.6. The number of hydrogen-bond donors (Lipinski definition) is 0. The summed E-state index contributed by atoms with van der Waals surface area (Å²) in [6.07, 6.45) is 1.58. The minimum atomic E-state index is -4.61. The molecule has 0 heterocycles. The Bertz CT molecular complexity index is 1970. The Morgan fingerprint density at radius 1 is 0.625 bits per heavy atom. The zero-order valence-corrected chi connectivity index (χ0v) is 25.6. The van der Waals surface area contributed by atoms with Crippen LogP contribution in [0.1, 0.15) is 62.5 Å². The van der Waals surface area contributed by atoms with Crippen molar-refractivity contribution in [2.24, 2.45) is 5.92 Å². The van der Waals surface area contributed by atoms with E-state index in [1.807, 2.05) is 0 Å². The van der Waals surface area contributed by atoms with Crippen molar-refractivity contribution >= 4 is 10.8 Å².